The summed E-state index contributed by atoms with van der Waals surface area (Å²) in [5.41, 5.74) is -3.20. The predicted octanol–water partition coefficient (Wildman–Crippen LogP) is 6.73. The van der Waals surface area contributed by atoms with E-state index in [4.69, 9.17) is 4.98 Å². The molecule has 2 atom stereocenters. The number of hydrogen-bond donors (Lipinski definition) is 3. The lowest BCUT2D eigenvalue weighted by Gasteiger charge is -2.32. The highest BCUT2D eigenvalue weighted by molar-refractivity contribution is 6.04. The number of nitrogens with one attached hydrogen (secondary N) is 2. The second-order valence-electron chi connectivity index (χ2n) is 16.0. The number of amides is 3. The van der Waals surface area contributed by atoms with Crippen molar-refractivity contribution in [2.75, 3.05) is 38.5 Å². The largest absolute Gasteiger partial charge is 0.435 e. The van der Waals surface area contributed by atoms with Gasteiger partial charge in [0.15, 0.2) is 11.5 Å². The van der Waals surface area contributed by atoms with Gasteiger partial charge in [0, 0.05) is 67.8 Å². The monoisotopic (exact) mass is 853 g/mol. The molecule has 3 N–H and O–H groups in total. The zero-order chi connectivity index (χ0) is 44.2. The Balaban J connectivity index is 1.34. The van der Waals surface area contributed by atoms with Gasteiger partial charge in [0.25, 0.3) is 5.92 Å². The van der Waals surface area contributed by atoms with Crippen LogP contribution >= 0.6 is 0 Å². The van der Waals surface area contributed by atoms with E-state index in [2.05, 4.69) is 37.6 Å². The Morgan fingerprint density at radius 3 is 2.33 bits per heavy atom. The van der Waals surface area contributed by atoms with Gasteiger partial charge in [-0.05, 0) is 75.0 Å². The van der Waals surface area contributed by atoms with Crippen LogP contribution in [0.25, 0.3) is 22.0 Å². The number of fused-ring (bicyclic) bond motifs is 2. The molecule has 2 aromatic carbocycles. The topological polar surface area (TPSA) is 133 Å². The lowest BCUT2D eigenvalue weighted by atomic mass is 9.93. The normalized spacial score (nSPS) is 17.2. The fourth-order valence-corrected chi connectivity index (χ4v) is 7.88. The summed E-state index contributed by atoms with van der Waals surface area (Å²) in [6, 6.07) is 9.32. The number of nitrogens with zero attached hydrogens (tertiary/aromatic N) is 7. The number of benzene rings is 2. The van der Waals surface area contributed by atoms with Crippen molar-refractivity contribution in [2.24, 2.45) is 7.05 Å². The number of carbonyl (C=O) groups is 2. The Morgan fingerprint density at radius 1 is 0.984 bits per heavy atom. The van der Waals surface area contributed by atoms with E-state index in [0.29, 0.717) is 59.0 Å². The number of halogens is 7. The minimum absolute atomic E-state index is 0.0378. The fourth-order valence-electron chi connectivity index (χ4n) is 7.88. The number of aromatic nitrogens is 5. The maximum Gasteiger partial charge on any atom is 0.435 e. The van der Waals surface area contributed by atoms with Gasteiger partial charge >= 0.3 is 12.2 Å². The van der Waals surface area contributed by atoms with Gasteiger partial charge in [0.1, 0.15) is 35.2 Å². The number of piperazine rings is 1. The fraction of sp³-hybridized carbons (Fsp3) is 0.405. The minimum atomic E-state index is -5.09. The Bertz CT molecular complexity index is 2560. The van der Waals surface area contributed by atoms with Crippen LogP contribution in [0, 0.1) is 23.5 Å². The van der Waals surface area contributed by atoms with E-state index in [9.17, 15) is 36.6 Å². The van der Waals surface area contributed by atoms with Crippen LogP contribution in [-0.4, -0.2) is 90.2 Å². The molecule has 5 aromatic rings. The second kappa shape index (κ2) is 16.1. The summed E-state index contributed by atoms with van der Waals surface area (Å²) >= 11 is 0. The quantitative estimate of drug-likeness (QED) is 0.117. The van der Waals surface area contributed by atoms with Gasteiger partial charge in [-0.3, -0.25) is 19.5 Å². The van der Waals surface area contributed by atoms with Crippen LogP contribution in [0.15, 0.2) is 48.5 Å². The summed E-state index contributed by atoms with van der Waals surface area (Å²) in [7, 11) is 3.61. The number of pyridine rings is 1. The first-order valence-electron chi connectivity index (χ1n) is 19.4. The Morgan fingerprint density at radius 2 is 1.67 bits per heavy atom. The van der Waals surface area contributed by atoms with Crippen molar-refractivity contribution >= 4 is 28.7 Å². The van der Waals surface area contributed by atoms with E-state index in [1.54, 1.807) is 42.3 Å². The lowest BCUT2D eigenvalue weighted by Crippen LogP contribution is -2.48. The number of urea groups is 1. The molecule has 3 aromatic heterocycles. The average molecular weight is 854 g/mol. The van der Waals surface area contributed by atoms with Crippen LogP contribution in [0.4, 0.5) is 41.3 Å². The van der Waals surface area contributed by atoms with Crippen molar-refractivity contribution in [3.63, 3.8) is 0 Å². The van der Waals surface area contributed by atoms with Crippen LogP contribution in [0.5, 0.6) is 0 Å². The molecule has 1 aliphatic heterocycles. The highest BCUT2D eigenvalue weighted by atomic mass is 19.4. The number of alkyl halides is 5. The molecule has 1 saturated heterocycles. The molecular formula is C42H42F7N9O3. The maximum absolute atomic E-state index is 15.3. The predicted molar refractivity (Wildman–Crippen MR) is 210 cm³/mol. The number of rotatable bonds is 8. The van der Waals surface area contributed by atoms with E-state index in [-0.39, 0.29) is 35.2 Å². The van der Waals surface area contributed by atoms with E-state index < -0.39 is 77.1 Å². The van der Waals surface area contributed by atoms with Crippen molar-refractivity contribution in [2.45, 2.75) is 69.8 Å². The van der Waals surface area contributed by atoms with Gasteiger partial charge < -0.3 is 20.2 Å². The standard InChI is InChI=1S/C42H42F7N9O3/c1-23-21-41(45,46)37-33(23)36(42(47,48)49)53-58(37)22-32(59)51-31(19-24-17-25(43)20-26(44)18-24)34-28(10-9-27(50-34)11-12-40(2,3)61)29-7-6-8-30-35(29)56(5)54-38(30)52-39(60)57-15-13-55(4)14-16-57/h6-10,17-18,20,23,31,61H,13-16,19,21-22H2,1-5H3,(H,51,59)(H,52,54,60)/t23-,31-/m0/s1. The molecule has 1 fully saturated rings. The molecule has 2 aliphatic rings. The highest BCUT2D eigenvalue weighted by Gasteiger charge is 2.53. The van der Waals surface area contributed by atoms with Crippen LogP contribution in [0.3, 0.4) is 0 Å². The van der Waals surface area contributed by atoms with Gasteiger partial charge in [-0.25, -0.2) is 18.6 Å². The number of aryl methyl sites for hydroxylation is 1. The zero-order valence-corrected chi connectivity index (χ0v) is 33.8. The van der Waals surface area contributed by atoms with E-state index in [1.165, 1.54) is 25.5 Å². The van der Waals surface area contributed by atoms with Gasteiger partial charge in [-0.15, -0.1) is 0 Å². The zero-order valence-electron chi connectivity index (χ0n) is 33.8. The van der Waals surface area contributed by atoms with Crippen molar-refractivity contribution in [1.82, 2.24) is 39.7 Å². The number of hydrogen-bond acceptors (Lipinski definition) is 7. The molecule has 1 aliphatic carbocycles. The summed E-state index contributed by atoms with van der Waals surface area (Å²) in [4.78, 5) is 35.8. The Hall–Kier alpha value is -6.00. The van der Waals surface area contributed by atoms with E-state index >= 15 is 8.78 Å². The molecule has 0 spiro atoms. The summed E-state index contributed by atoms with van der Waals surface area (Å²) in [6.07, 6.45) is -6.35. The molecule has 4 heterocycles. The molecule has 7 rings (SSSR count). The first-order chi connectivity index (χ1) is 28.6. The summed E-state index contributed by atoms with van der Waals surface area (Å²) in [5, 5.41) is 24.5. The molecule has 0 saturated carbocycles. The summed E-state index contributed by atoms with van der Waals surface area (Å²) in [6.45, 7) is 5.44. The molecular weight excluding hydrogens is 812 g/mol. The SMILES string of the molecule is C[C@H]1CC(F)(F)c2c1c(C(F)(F)F)nn2CC(=O)N[C@@H](Cc1cc(F)cc(F)c1)c1nc(C#CC(C)(C)O)ccc1-c1cccc2c(NC(=O)N3CCN(C)CC3)nn(C)c12. The summed E-state index contributed by atoms with van der Waals surface area (Å²) < 4.78 is 104. The minimum Gasteiger partial charge on any atom is -0.378 e. The molecule has 0 radical (unpaired) electrons. The van der Waals surface area contributed by atoms with Crippen molar-refractivity contribution in [3.8, 4) is 23.0 Å². The number of para-hydroxylation sites is 1. The van der Waals surface area contributed by atoms with Gasteiger partial charge in [0.05, 0.1) is 17.3 Å². The molecule has 12 nitrogen and oxygen atoms in total. The molecule has 0 unspecified atom stereocenters. The number of anilines is 1. The third-order valence-electron chi connectivity index (χ3n) is 10.6. The number of likely N-dealkylation sites (N-methyl/N-ethyl adjacent to an activating group) is 1. The molecule has 0 bridgehead atoms. The van der Waals surface area contributed by atoms with Crippen molar-refractivity contribution < 1.29 is 45.4 Å². The molecule has 322 valence electrons. The first-order valence-corrected chi connectivity index (χ1v) is 19.4. The maximum atomic E-state index is 15.3. The van der Waals surface area contributed by atoms with Crippen molar-refractivity contribution in [3.05, 3.63) is 94.1 Å². The molecule has 61 heavy (non-hydrogen) atoms. The number of carbonyl (C=O) groups excluding carboxylic acids is 2. The van der Waals surface area contributed by atoms with Gasteiger partial charge in [-0.2, -0.15) is 32.1 Å². The molecule has 19 heteroatoms. The first kappa shape index (κ1) is 43.1. The smallest absolute Gasteiger partial charge is 0.378 e. The lowest BCUT2D eigenvalue weighted by molar-refractivity contribution is -0.142. The average Bonchev–Trinajstić information content (AvgIpc) is 3.79. The van der Waals surface area contributed by atoms with Crippen LogP contribution in [0.2, 0.25) is 0 Å². The van der Waals surface area contributed by atoms with Gasteiger partial charge in [0.2, 0.25) is 5.91 Å². The Kier molecular flexibility index (Phi) is 11.4. The molecule has 3 amide bonds. The van der Waals surface area contributed by atoms with Crippen LogP contribution in [-0.2, 0) is 36.9 Å². The van der Waals surface area contributed by atoms with Crippen molar-refractivity contribution in [1.29, 1.82) is 0 Å². The summed E-state index contributed by atoms with van der Waals surface area (Å²) in [5.74, 6) is -2.18. The van der Waals surface area contributed by atoms with Crippen LogP contribution in [0.1, 0.15) is 73.1 Å². The number of aliphatic hydroxyl groups is 1. The Labute approximate surface area is 345 Å². The second-order valence-corrected chi connectivity index (χ2v) is 16.0. The van der Waals surface area contributed by atoms with Crippen LogP contribution < -0.4 is 10.6 Å². The third-order valence-corrected chi connectivity index (χ3v) is 10.6. The van der Waals surface area contributed by atoms with Gasteiger partial charge in [-0.1, -0.05) is 25.0 Å². The highest BCUT2D eigenvalue weighted by Crippen LogP contribution is 2.52. The third kappa shape index (κ3) is 9.20. The van der Waals surface area contributed by atoms with E-state index in [1.807, 2.05) is 7.05 Å². The van der Waals surface area contributed by atoms with E-state index in [0.717, 1.165) is 12.1 Å².